The van der Waals surface area contributed by atoms with Gasteiger partial charge in [-0.15, -0.1) is 0 Å². The zero-order chi connectivity index (χ0) is 15.9. The summed E-state index contributed by atoms with van der Waals surface area (Å²) in [4.78, 5) is 15.2. The molecule has 1 aliphatic carbocycles. The smallest absolute Gasteiger partial charge is 0.407 e. The normalized spacial score (nSPS) is 25.7. The molecule has 124 valence electrons. The number of amides is 1. The van der Waals surface area contributed by atoms with Gasteiger partial charge in [0.2, 0.25) is 0 Å². The summed E-state index contributed by atoms with van der Waals surface area (Å²) in [5.41, 5.74) is 1.22. The van der Waals surface area contributed by atoms with Gasteiger partial charge in [-0.3, -0.25) is 4.90 Å². The Bertz CT molecular complexity index is 577. The van der Waals surface area contributed by atoms with Gasteiger partial charge < -0.3 is 14.7 Å². The van der Waals surface area contributed by atoms with Gasteiger partial charge in [0.1, 0.15) is 0 Å². The number of rotatable bonds is 2. The fraction of sp³-hybridized carbons (Fsp3) is 0.611. The fourth-order valence-corrected chi connectivity index (χ4v) is 4.11. The minimum absolute atomic E-state index is 0.0401. The highest BCUT2D eigenvalue weighted by atomic mass is 16.5. The van der Waals surface area contributed by atoms with Crippen molar-refractivity contribution in [2.75, 3.05) is 26.2 Å². The van der Waals surface area contributed by atoms with Gasteiger partial charge in [0.25, 0.3) is 0 Å². The molecule has 2 aliphatic heterocycles. The third-order valence-electron chi connectivity index (χ3n) is 5.46. The molecule has 1 amide bonds. The highest BCUT2D eigenvalue weighted by molar-refractivity contribution is 5.65. The first-order valence-electron chi connectivity index (χ1n) is 8.53. The van der Waals surface area contributed by atoms with Crippen LogP contribution in [0.5, 0.6) is 0 Å². The zero-order valence-electron chi connectivity index (χ0n) is 13.4. The van der Waals surface area contributed by atoms with Crippen LogP contribution in [0.3, 0.4) is 0 Å². The van der Waals surface area contributed by atoms with Crippen LogP contribution in [0.1, 0.15) is 31.2 Å². The highest BCUT2D eigenvalue weighted by Gasteiger charge is 2.55. The van der Waals surface area contributed by atoms with Gasteiger partial charge in [-0.2, -0.15) is 0 Å². The topological polar surface area (TPSA) is 53.0 Å². The molecule has 5 heteroatoms. The van der Waals surface area contributed by atoms with Crippen LogP contribution in [-0.4, -0.2) is 58.4 Å². The van der Waals surface area contributed by atoms with E-state index in [2.05, 4.69) is 29.2 Å². The molecule has 1 aromatic carbocycles. The average Bonchev–Trinajstić information content (AvgIpc) is 3.26. The van der Waals surface area contributed by atoms with E-state index in [0.29, 0.717) is 13.1 Å². The van der Waals surface area contributed by atoms with E-state index in [4.69, 9.17) is 9.84 Å². The largest absolute Gasteiger partial charge is 0.465 e. The Morgan fingerprint density at radius 2 is 1.65 bits per heavy atom. The molecule has 0 radical (unpaired) electrons. The van der Waals surface area contributed by atoms with E-state index >= 15 is 0 Å². The number of ether oxygens (including phenoxy) is 1. The maximum Gasteiger partial charge on any atom is 0.407 e. The number of hydrogen-bond donors (Lipinski definition) is 1. The van der Waals surface area contributed by atoms with E-state index in [1.807, 2.05) is 6.07 Å². The number of hydrogen-bond acceptors (Lipinski definition) is 3. The summed E-state index contributed by atoms with van der Waals surface area (Å²) >= 11 is 0. The van der Waals surface area contributed by atoms with Gasteiger partial charge in [-0.05, 0) is 31.2 Å². The van der Waals surface area contributed by atoms with Crippen LogP contribution in [0, 0.1) is 0 Å². The highest BCUT2D eigenvalue weighted by Crippen LogP contribution is 2.49. The Balaban J connectivity index is 1.47. The van der Waals surface area contributed by atoms with Crippen molar-refractivity contribution in [1.82, 2.24) is 9.80 Å². The van der Waals surface area contributed by atoms with E-state index in [9.17, 15) is 4.79 Å². The van der Waals surface area contributed by atoms with E-state index in [1.54, 1.807) is 0 Å². The number of piperidine rings is 1. The molecule has 4 rings (SSSR count). The quantitative estimate of drug-likeness (QED) is 0.911. The summed E-state index contributed by atoms with van der Waals surface area (Å²) in [6.07, 6.45) is 3.10. The molecular formula is C18H24N2O3. The maximum atomic E-state index is 11.1. The van der Waals surface area contributed by atoms with Crippen molar-refractivity contribution >= 4 is 6.09 Å². The predicted octanol–water partition coefficient (Wildman–Crippen LogP) is 2.56. The number of morpholine rings is 1. The Hall–Kier alpha value is -1.59. The molecule has 2 heterocycles. The molecule has 1 saturated carbocycles. The molecular weight excluding hydrogens is 292 g/mol. The second-order valence-electron chi connectivity index (χ2n) is 7.37. The summed E-state index contributed by atoms with van der Waals surface area (Å²) in [5, 5.41) is 9.16. The van der Waals surface area contributed by atoms with Crippen molar-refractivity contribution in [3.05, 3.63) is 35.9 Å². The first kappa shape index (κ1) is 15.0. The standard InChI is InChI=1S/C18H24N2O3/c21-16(22)20-10-8-18(9-11-20)14-19(13-17(23-18)6-7-17)12-15-4-2-1-3-5-15/h1-5H,6-14H2,(H,21,22). The minimum atomic E-state index is -0.807. The first-order chi connectivity index (χ1) is 11.1. The van der Waals surface area contributed by atoms with Crippen LogP contribution in [0.25, 0.3) is 0 Å². The number of benzene rings is 1. The molecule has 3 fully saturated rings. The van der Waals surface area contributed by atoms with Crippen molar-refractivity contribution in [2.24, 2.45) is 0 Å². The van der Waals surface area contributed by atoms with Crippen molar-refractivity contribution in [1.29, 1.82) is 0 Å². The lowest BCUT2D eigenvalue weighted by Gasteiger charge is -2.50. The molecule has 0 aromatic heterocycles. The lowest BCUT2D eigenvalue weighted by Crippen LogP contribution is -2.60. The monoisotopic (exact) mass is 316 g/mol. The van der Waals surface area contributed by atoms with E-state index in [0.717, 1.165) is 45.3 Å². The van der Waals surface area contributed by atoms with Crippen LogP contribution in [0.4, 0.5) is 4.79 Å². The Morgan fingerprint density at radius 3 is 2.22 bits per heavy atom. The molecule has 0 atom stereocenters. The lowest BCUT2D eigenvalue weighted by molar-refractivity contribution is -0.187. The van der Waals surface area contributed by atoms with Crippen molar-refractivity contribution < 1.29 is 14.6 Å². The summed E-state index contributed by atoms with van der Waals surface area (Å²) in [6.45, 7) is 4.05. The molecule has 5 nitrogen and oxygen atoms in total. The van der Waals surface area contributed by atoms with Crippen LogP contribution in [0.15, 0.2) is 30.3 Å². The molecule has 0 unspecified atom stereocenters. The van der Waals surface area contributed by atoms with Crippen molar-refractivity contribution in [3.8, 4) is 0 Å². The molecule has 1 N–H and O–H groups in total. The van der Waals surface area contributed by atoms with Crippen molar-refractivity contribution in [2.45, 2.75) is 43.4 Å². The van der Waals surface area contributed by atoms with E-state index in [1.165, 1.54) is 10.5 Å². The Morgan fingerprint density at radius 1 is 1.04 bits per heavy atom. The summed E-state index contributed by atoms with van der Waals surface area (Å²) in [6, 6.07) is 10.6. The van der Waals surface area contributed by atoms with Crippen LogP contribution in [-0.2, 0) is 11.3 Å². The molecule has 3 aliphatic rings. The van der Waals surface area contributed by atoms with Gasteiger partial charge in [-0.1, -0.05) is 30.3 Å². The molecule has 2 saturated heterocycles. The molecule has 2 spiro atoms. The average molecular weight is 316 g/mol. The van der Waals surface area contributed by atoms with E-state index < -0.39 is 6.09 Å². The summed E-state index contributed by atoms with van der Waals surface area (Å²) in [5.74, 6) is 0. The van der Waals surface area contributed by atoms with Gasteiger partial charge in [0.05, 0.1) is 11.2 Å². The Kier molecular flexibility index (Phi) is 3.58. The number of carbonyl (C=O) groups is 1. The van der Waals surface area contributed by atoms with Crippen LogP contribution < -0.4 is 0 Å². The maximum absolute atomic E-state index is 11.1. The number of carboxylic acid groups (broad SMARTS) is 1. The number of nitrogens with zero attached hydrogens (tertiary/aromatic N) is 2. The predicted molar refractivity (Wildman–Crippen MR) is 86.3 cm³/mol. The first-order valence-corrected chi connectivity index (χ1v) is 8.53. The molecule has 0 bridgehead atoms. The SMILES string of the molecule is O=C(O)N1CCC2(CC1)CN(Cc1ccccc1)CC1(CC1)O2. The van der Waals surface area contributed by atoms with Crippen molar-refractivity contribution in [3.63, 3.8) is 0 Å². The molecule has 23 heavy (non-hydrogen) atoms. The third-order valence-corrected chi connectivity index (χ3v) is 5.46. The van der Waals surface area contributed by atoms with Crippen LogP contribution in [0.2, 0.25) is 0 Å². The van der Waals surface area contributed by atoms with Crippen LogP contribution >= 0.6 is 0 Å². The van der Waals surface area contributed by atoms with Gasteiger partial charge in [0.15, 0.2) is 0 Å². The minimum Gasteiger partial charge on any atom is -0.465 e. The fourth-order valence-electron chi connectivity index (χ4n) is 4.11. The number of likely N-dealkylation sites (tertiary alicyclic amines) is 1. The van der Waals surface area contributed by atoms with Gasteiger partial charge >= 0.3 is 6.09 Å². The molecule has 1 aromatic rings. The zero-order valence-corrected chi connectivity index (χ0v) is 13.4. The summed E-state index contributed by atoms with van der Waals surface area (Å²) in [7, 11) is 0. The van der Waals surface area contributed by atoms with E-state index in [-0.39, 0.29) is 11.2 Å². The summed E-state index contributed by atoms with van der Waals surface area (Å²) < 4.78 is 6.55. The van der Waals surface area contributed by atoms with Gasteiger partial charge in [-0.25, -0.2) is 4.79 Å². The second-order valence-corrected chi connectivity index (χ2v) is 7.37. The second kappa shape index (κ2) is 5.49. The van der Waals surface area contributed by atoms with Gasteiger partial charge in [0, 0.05) is 32.7 Å². The lowest BCUT2D eigenvalue weighted by atomic mass is 9.88. The third kappa shape index (κ3) is 3.08. The Labute approximate surface area is 136 Å².